The van der Waals surface area contributed by atoms with E-state index in [0.717, 1.165) is 54.8 Å². The molecule has 0 saturated carbocycles. The number of rotatable bonds is 5. The summed E-state index contributed by atoms with van der Waals surface area (Å²) in [5.74, 6) is 1.79. The number of likely N-dealkylation sites (N-methyl/N-ethyl adjacent to an activating group) is 1. The topological polar surface area (TPSA) is 75.0 Å². The van der Waals surface area contributed by atoms with Crippen LogP contribution in [-0.2, 0) is 13.6 Å². The normalized spacial score (nSPS) is 15.1. The van der Waals surface area contributed by atoms with Crippen LogP contribution in [-0.4, -0.2) is 63.1 Å². The van der Waals surface area contributed by atoms with Crippen molar-refractivity contribution in [2.45, 2.75) is 6.54 Å². The Morgan fingerprint density at radius 1 is 0.963 bits per heavy atom. The Balaban J connectivity index is 1.34. The zero-order chi connectivity index (χ0) is 18.6. The summed E-state index contributed by atoms with van der Waals surface area (Å²) in [7, 11) is 4.05. The molecule has 0 aliphatic carbocycles. The molecule has 0 bridgehead atoms. The van der Waals surface area contributed by atoms with Crippen LogP contribution in [0.15, 0.2) is 42.7 Å². The van der Waals surface area contributed by atoms with E-state index >= 15 is 0 Å². The molecule has 3 aromatic rings. The minimum absolute atomic E-state index is 0.662. The van der Waals surface area contributed by atoms with Crippen LogP contribution in [0.2, 0.25) is 0 Å². The summed E-state index contributed by atoms with van der Waals surface area (Å²) < 4.78 is 1.78. The van der Waals surface area contributed by atoms with Gasteiger partial charge in [-0.3, -0.25) is 4.68 Å². The molecule has 0 unspecified atom stereocenters. The highest BCUT2D eigenvalue weighted by molar-refractivity contribution is 5.55. The van der Waals surface area contributed by atoms with Gasteiger partial charge < -0.3 is 15.1 Å². The van der Waals surface area contributed by atoms with E-state index in [9.17, 15) is 0 Å². The molecule has 1 aliphatic rings. The number of hydrogen-bond acceptors (Lipinski definition) is 7. The maximum Gasteiger partial charge on any atom is 0.148 e. The van der Waals surface area contributed by atoms with Gasteiger partial charge >= 0.3 is 0 Å². The van der Waals surface area contributed by atoms with Gasteiger partial charge in [0.25, 0.3) is 0 Å². The Morgan fingerprint density at radius 2 is 1.81 bits per heavy atom. The first-order valence-corrected chi connectivity index (χ1v) is 9.13. The second kappa shape index (κ2) is 7.71. The number of pyridine rings is 1. The van der Waals surface area contributed by atoms with Crippen LogP contribution in [0.5, 0.6) is 0 Å². The lowest BCUT2D eigenvalue weighted by molar-refractivity contribution is 0.312. The molecule has 27 heavy (non-hydrogen) atoms. The van der Waals surface area contributed by atoms with E-state index in [1.165, 1.54) is 0 Å². The van der Waals surface area contributed by atoms with Crippen LogP contribution in [0.4, 0.5) is 11.6 Å². The molecule has 1 N–H and O–H groups in total. The molecule has 1 fully saturated rings. The first-order chi connectivity index (χ1) is 13.2. The Kier molecular flexibility index (Phi) is 4.97. The molecule has 0 aromatic carbocycles. The average Bonchev–Trinajstić information content (AvgIpc) is 3.14. The molecule has 0 spiro atoms. The van der Waals surface area contributed by atoms with Crippen LogP contribution in [0.1, 0.15) is 5.56 Å². The molecule has 0 amide bonds. The predicted molar refractivity (Wildman–Crippen MR) is 106 cm³/mol. The van der Waals surface area contributed by atoms with Gasteiger partial charge in [0.05, 0.1) is 5.69 Å². The first-order valence-electron chi connectivity index (χ1n) is 9.13. The zero-order valence-electron chi connectivity index (χ0n) is 15.7. The zero-order valence-corrected chi connectivity index (χ0v) is 15.7. The smallest absolute Gasteiger partial charge is 0.148 e. The summed E-state index contributed by atoms with van der Waals surface area (Å²) in [5, 5.41) is 16.0. The Hall–Kier alpha value is -3.00. The molecule has 3 aromatic heterocycles. The average molecular weight is 364 g/mol. The highest BCUT2D eigenvalue weighted by Crippen LogP contribution is 2.17. The van der Waals surface area contributed by atoms with Gasteiger partial charge in [0.2, 0.25) is 0 Å². The van der Waals surface area contributed by atoms with E-state index in [0.29, 0.717) is 6.54 Å². The number of nitrogens with zero attached hydrogens (tertiary/aromatic N) is 7. The molecule has 8 nitrogen and oxygen atoms in total. The van der Waals surface area contributed by atoms with Crippen molar-refractivity contribution in [2.24, 2.45) is 7.05 Å². The number of nitrogens with one attached hydrogen (secondary N) is 1. The molecule has 140 valence electrons. The third-order valence-electron chi connectivity index (χ3n) is 4.86. The fraction of sp³-hybridized carbons (Fsp3) is 0.368. The van der Waals surface area contributed by atoms with Gasteiger partial charge in [0.1, 0.15) is 17.3 Å². The van der Waals surface area contributed by atoms with Gasteiger partial charge in [-0.2, -0.15) is 5.10 Å². The molecule has 1 saturated heterocycles. The molecule has 1 aliphatic heterocycles. The van der Waals surface area contributed by atoms with Crippen molar-refractivity contribution >= 4 is 11.6 Å². The van der Waals surface area contributed by atoms with Gasteiger partial charge in [-0.15, -0.1) is 10.2 Å². The molecule has 4 rings (SSSR count). The first kappa shape index (κ1) is 17.4. The maximum absolute atomic E-state index is 4.62. The third-order valence-corrected chi connectivity index (χ3v) is 4.86. The van der Waals surface area contributed by atoms with E-state index < -0.39 is 0 Å². The lowest BCUT2D eigenvalue weighted by atomic mass is 10.2. The summed E-state index contributed by atoms with van der Waals surface area (Å²) in [4.78, 5) is 9.29. The van der Waals surface area contributed by atoms with Crippen LogP contribution in [0.3, 0.4) is 0 Å². The van der Waals surface area contributed by atoms with E-state index in [-0.39, 0.29) is 0 Å². The summed E-state index contributed by atoms with van der Waals surface area (Å²) in [5.41, 5.74) is 2.86. The second-order valence-corrected chi connectivity index (χ2v) is 6.81. The lowest BCUT2D eigenvalue weighted by Crippen LogP contribution is -2.44. The standard InChI is InChI=1S/C19H24N8/c1-25-9-11-27(12-10-25)19-6-3-15(14-21-19)13-20-18-5-4-16(23-24-18)17-7-8-22-26(17)2/h3-8,14H,9-13H2,1-2H3,(H,20,24). The molecular weight excluding hydrogens is 340 g/mol. The van der Waals surface area contributed by atoms with Crippen molar-refractivity contribution < 1.29 is 0 Å². The number of aromatic nitrogens is 5. The van der Waals surface area contributed by atoms with E-state index in [1.54, 1.807) is 10.9 Å². The van der Waals surface area contributed by atoms with Crippen molar-refractivity contribution in [3.05, 3.63) is 48.3 Å². The quantitative estimate of drug-likeness (QED) is 0.737. The molecule has 4 heterocycles. The Bertz CT molecular complexity index is 863. The maximum atomic E-state index is 4.62. The number of hydrogen-bond donors (Lipinski definition) is 1. The predicted octanol–water partition coefficient (Wildman–Crippen LogP) is 1.64. The summed E-state index contributed by atoms with van der Waals surface area (Å²) in [6.07, 6.45) is 3.68. The fourth-order valence-electron chi connectivity index (χ4n) is 3.12. The van der Waals surface area contributed by atoms with Crippen LogP contribution in [0, 0.1) is 0 Å². The Labute approximate surface area is 158 Å². The van der Waals surface area contributed by atoms with Gasteiger partial charge in [0, 0.05) is 52.2 Å². The second-order valence-electron chi connectivity index (χ2n) is 6.81. The molecule has 0 atom stereocenters. The van der Waals surface area contributed by atoms with E-state index in [4.69, 9.17) is 0 Å². The summed E-state index contributed by atoms with van der Waals surface area (Å²) >= 11 is 0. The molecular formula is C19H24N8. The SMILES string of the molecule is CN1CCN(c2ccc(CNc3ccc(-c4ccnn4C)nn3)cn2)CC1. The van der Waals surface area contributed by atoms with Crippen molar-refractivity contribution in [3.8, 4) is 11.4 Å². The lowest BCUT2D eigenvalue weighted by Gasteiger charge is -2.33. The number of anilines is 2. The number of piperazine rings is 1. The minimum Gasteiger partial charge on any atom is -0.364 e. The van der Waals surface area contributed by atoms with Gasteiger partial charge in [-0.1, -0.05) is 6.07 Å². The van der Waals surface area contributed by atoms with Crippen LogP contribution >= 0.6 is 0 Å². The summed E-state index contributed by atoms with van der Waals surface area (Å²) in [6, 6.07) is 10.0. The van der Waals surface area contributed by atoms with Crippen molar-refractivity contribution in [1.29, 1.82) is 0 Å². The molecule has 0 radical (unpaired) electrons. The van der Waals surface area contributed by atoms with Crippen molar-refractivity contribution in [1.82, 2.24) is 29.9 Å². The largest absolute Gasteiger partial charge is 0.364 e. The highest BCUT2D eigenvalue weighted by Gasteiger charge is 2.14. The van der Waals surface area contributed by atoms with Crippen molar-refractivity contribution in [2.75, 3.05) is 43.4 Å². The van der Waals surface area contributed by atoms with Gasteiger partial charge in [-0.05, 0) is 36.9 Å². The van der Waals surface area contributed by atoms with Gasteiger partial charge in [0.15, 0.2) is 0 Å². The molecule has 8 heteroatoms. The Morgan fingerprint density at radius 3 is 2.44 bits per heavy atom. The van der Waals surface area contributed by atoms with Gasteiger partial charge in [-0.25, -0.2) is 4.98 Å². The van der Waals surface area contributed by atoms with Crippen LogP contribution in [0.25, 0.3) is 11.4 Å². The third kappa shape index (κ3) is 4.06. The van der Waals surface area contributed by atoms with E-state index in [2.05, 4.69) is 54.6 Å². The van der Waals surface area contributed by atoms with Crippen LogP contribution < -0.4 is 10.2 Å². The summed E-state index contributed by atoms with van der Waals surface area (Å²) in [6.45, 7) is 4.88. The minimum atomic E-state index is 0.662. The highest BCUT2D eigenvalue weighted by atomic mass is 15.3. The van der Waals surface area contributed by atoms with Crippen molar-refractivity contribution in [3.63, 3.8) is 0 Å². The van der Waals surface area contributed by atoms with E-state index in [1.807, 2.05) is 31.4 Å². The number of aryl methyl sites for hydroxylation is 1. The monoisotopic (exact) mass is 364 g/mol. The fourth-order valence-corrected chi connectivity index (χ4v) is 3.12.